The smallest absolute Gasteiger partial charge is 0.338 e. The van der Waals surface area contributed by atoms with Crippen molar-refractivity contribution in [3.05, 3.63) is 71.3 Å². The SMILES string of the molecule is CC(COC(=O)c1ccccc1)C(=O)C1CCc2ccccc21. The van der Waals surface area contributed by atoms with Crippen LogP contribution in [0.4, 0.5) is 0 Å². The third kappa shape index (κ3) is 3.34. The third-order valence-electron chi connectivity index (χ3n) is 4.44. The lowest BCUT2D eigenvalue weighted by Crippen LogP contribution is -2.24. The summed E-state index contributed by atoms with van der Waals surface area (Å²) in [5.74, 6) is -0.566. The van der Waals surface area contributed by atoms with Crippen LogP contribution in [0.15, 0.2) is 54.6 Å². The zero-order chi connectivity index (χ0) is 16.2. The highest BCUT2D eigenvalue weighted by molar-refractivity contribution is 5.91. The highest BCUT2D eigenvalue weighted by Gasteiger charge is 2.31. The lowest BCUT2D eigenvalue weighted by atomic mass is 9.90. The van der Waals surface area contributed by atoms with Gasteiger partial charge in [0.2, 0.25) is 0 Å². The van der Waals surface area contributed by atoms with Gasteiger partial charge in [-0.3, -0.25) is 4.79 Å². The van der Waals surface area contributed by atoms with Crippen molar-refractivity contribution in [1.82, 2.24) is 0 Å². The van der Waals surface area contributed by atoms with Crippen LogP contribution < -0.4 is 0 Å². The number of hydrogen-bond donors (Lipinski definition) is 0. The van der Waals surface area contributed by atoms with Crippen LogP contribution in [-0.2, 0) is 16.0 Å². The lowest BCUT2D eigenvalue weighted by molar-refractivity contribution is -0.125. The number of benzene rings is 2. The average Bonchev–Trinajstić information content (AvgIpc) is 3.03. The molecule has 0 heterocycles. The zero-order valence-corrected chi connectivity index (χ0v) is 13.2. The fourth-order valence-electron chi connectivity index (χ4n) is 3.14. The first-order valence-corrected chi connectivity index (χ1v) is 8.00. The quantitative estimate of drug-likeness (QED) is 0.790. The van der Waals surface area contributed by atoms with Gasteiger partial charge in [-0.25, -0.2) is 4.79 Å². The molecule has 0 aliphatic heterocycles. The van der Waals surface area contributed by atoms with Gasteiger partial charge in [-0.15, -0.1) is 0 Å². The van der Waals surface area contributed by atoms with Crippen LogP contribution in [0.3, 0.4) is 0 Å². The summed E-state index contributed by atoms with van der Waals surface area (Å²) < 4.78 is 5.30. The predicted octanol–water partition coefficient (Wildman–Crippen LogP) is 3.78. The molecule has 3 nitrogen and oxygen atoms in total. The Morgan fingerprint density at radius 2 is 1.78 bits per heavy atom. The van der Waals surface area contributed by atoms with Gasteiger partial charge in [0.1, 0.15) is 12.4 Å². The summed E-state index contributed by atoms with van der Waals surface area (Å²) in [5.41, 5.74) is 2.91. The number of aryl methyl sites for hydroxylation is 1. The Balaban J connectivity index is 1.60. The van der Waals surface area contributed by atoms with E-state index in [1.807, 2.05) is 31.2 Å². The predicted molar refractivity (Wildman–Crippen MR) is 88.4 cm³/mol. The van der Waals surface area contributed by atoms with Gasteiger partial charge in [-0.2, -0.15) is 0 Å². The summed E-state index contributed by atoms with van der Waals surface area (Å²) in [6, 6.07) is 17.0. The van der Waals surface area contributed by atoms with Crippen molar-refractivity contribution in [3.8, 4) is 0 Å². The Morgan fingerprint density at radius 1 is 1.09 bits per heavy atom. The van der Waals surface area contributed by atoms with Gasteiger partial charge in [-0.1, -0.05) is 49.4 Å². The Labute approximate surface area is 136 Å². The van der Waals surface area contributed by atoms with E-state index in [0.717, 1.165) is 18.4 Å². The molecule has 3 heteroatoms. The molecule has 1 aliphatic carbocycles. The Bertz CT molecular complexity index is 706. The van der Waals surface area contributed by atoms with Crippen LogP contribution in [0.5, 0.6) is 0 Å². The van der Waals surface area contributed by atoms with E-state index in [2.05, 4.69) is 6.07 Å². The van der Waals surface area contributed by atoms with E-state index >= 15 is 0 Å². The average molecular weight is 308 g/mol. The first kappa shape index (κ1) is 15.5. The van der Waals surface area contributed by atoms with Crippen LogP contribution in [0, 0.1) is 5.92 Å². The van der Waals surface area contributed by atoms with E-state index in [1.54, 1.807) is 24.3 Å². The summed E-state index contributed by atoms with van der Waals surface area (Å²) in [6.07, 6.45) is 1.80. The van der Waals surface area contributed by atoms with Crippen LogP contribution in [0.2, 0.25) is 0 Å². The molecule has 0 saturated carbocycles. The zero-order valence-electron chi connectivity index (χ0n) is 13.2. The molecule has 0 saturated heterocycles. The number of fused-ring (bicyclic) bond motifs is 1. The van der Waals surface area contributed by atoms with Crippen molar-refractivity contribution in [2.24, 2.45) is 5.92 Å². The molecule has 1 aliphatic rings. The molecule has 3 rings (SSSR count). The summed E-state index contributed by atoms with van der Waals surface area (Å²) in [6.45, 7) is 1.97. The van der Waals surface area contributed by atoms with Crippen LogP contribution in [0.25, 0.3) is 0 Å². The number of esters is 1. The fourth-order valence-corrected chi connectivity index (χ4v) is 3.14. The van der Waals surface area contributed by atoms with E-state index in [4.69, 9.17) is 4.74 Å². The molecule has 23 heavy (non-hydrogen) atoms. The molecule has 0 fully saturated rings. The largest absolute Gasteiger partial charge is 0.461 e. The monoisotopic (exact) mass is 308 g/mol. The van der Waals surface area contributed by atoms with Gasteiger partial charge in [-0.05, 0) is 36.1 Å². The van der Waals surface area contributed by atoms with Gasteiger partial charge in [0.15, 0.2) is 0 Å². The van der Waals surface area contributed by atoms with E-state index < -0.39 is 0 Å². The highest BCUT2D eigenvalue weighted by atomic mass is 16.5. The topological polar surface area (TPSA) is 43.4 Å². The molecule has 2 aromatic carbocycles. The number of rotatable bonds is 5. The minimum atomic E-state index is -0.378. The molecule has 0 aromatic heterocycles. The third-order valence-corrected chi connectivity index (χ3v) is 4.44. The van der Waals surface area contributed by atoms with E-state index in [1.165, 1.54) is 5.56 Å². The molecule has 0 N–H and O–H groups in total. The van der Waals surface area contributed by atoms with Crippen LogP contribution >= 0.6 is 0 Å². The lowest BCUT2D eigenvalue weighted by Gasteiger charge is -2.16. The standard InChI is InChI=1S/C20H20O3/c1-14(13-23-20(22)16-8-3-2-4-9-16)19(21)18-12-11-15-7-5-6-10-17(15)18/h2-10,14,18H,11-13H2,1H3. The first-order chi connectivity index (χ1) is 11.2. The molecule has 2 unspecified atom stereocenters. The van der Waals surface area contributed by atoms with E-state index in [0.29, 0.717) is 5.56 Å². The molecule has 2 aromatic rings. The van der Waals surface area contributed by atoms with Gasteiger partial charge >= 0.3 is 5.97 Å². The van der Waals surface area contributed by atoms with Crippen LogP contribution in [0.1, 0.15) is 40.7 Å². The summed E-state index contributed by atoms with van der Waals surface area (Å²) >= 11 is 0. The second kappa shape index (κ2) is 6.78. The molecule has 0 bridgehead atoms. The number of carbonyl (C=O) groups excluding carboxylic acids is 2. The van der Waals surface area contributed by atoms with Crippen LogP contribution in [-0.4, -0.2) is 18.4 Å². The van der Waals surface area contributed by atoms with Gasteiger partial charge in [0.05, 0.1) is 5.56 Å². The maximum absolute atomic E-state index is 12.7. The molecule has 0 spiro atoms. The number of hydrogen-bond acceptors (Lipinski definition) is 3. The van der Waals surface area contributed by atoms with E-state index in [9.17, 15) is 9.59 Å². The maximum Gasteiger partial charge on any atom is 0.338 e. The van der Waals surface area contributed by atoms with Crippen molar-refractivity contribution in [1.29, 1.82) is 0 Å². The Morgan fingerprint density at radius 3 is 2.57 bits per heavy atom. The number of ether oxygens (including phenoxy) is 1. The maximum atomic E-state index is 12.7. The van der Waals surface area contributed by atoms with Crippen molar-refractivity contribution in [2.75, 3.05) is 6.61 Å². The summed E-state index contributed by atoms with van der Waals surface area (Å²) in [7, 11) is 0. The Hall–Kier alpha value is -2.42. The van der Waals surface area contributed by atoms with Gasteiger partial charge in [0.25, 0.3) is 0 Å². The van der Waals surface area contributed by atoms with Crippen molar-refractivity contribution >= 4 is 11.8 Å². The minimum Gasteiger partial charge on any atom is -0.461 e. The number of Topliss-reactive ketones (excluding diaryl/α,β-unsaturated/α-hetero) is 1. The second-order valence-corrected chi connectivity index (χ2v) is 6.06. The van der Waals surface area contributed by atoms with Gasteiger partial charge < -0.3 is 4.74 Å². The molecular weight excluding hydrogens is 288 g/mol. The molecular formula is C20H20O3. The normalized spacial score (nSPS) is 17.3. The molecule has 0 amide bonds. The van der Waals surface area contributed by atoms with Crippen molar-refractivity contribution < 1.29 is 14.3 Å². The fraction of sp³-hybridized carbons (Fsp3) is 0.300. The summed E-state index contributed by atoms with van der Waals surface area (Å²) in [4.78, 5) is 24.6. The molecule has 0 radical (unpaired) electrons. The Kier molecular flexibility index (Phi) is 4.56. The van der Waals surface area contributed by atoms with Crippen molar-refractivity contribution in [2.45, 2.75) is 25.7 Å². The highest BCUT2D eigenvalue weighted by Crippen LogP contribution is 2.35. The molecule has 2 atom stereocenters. The number of ketones is 1. The van der Waals surface area contributed by atoms with E-state index in [-0.39, 0.29) is 30.2 Å². The van der Waals surface area contributed by atoms with Crippen molar-refractivity contribution in [3.63, 3.8) is 0 Å². The van der Waals surface area contributed by atoms with Gasteiger partial charge in [0, 0.05) is 11.8 Å². The second-order valence-electron chi connectivity index (χ2n) is 6.06. The number of carbonyl (C=O) groups is 2. The molecule has 118 valence electrons. The first-order valence-electron chi connectivity index (χ1n) is 8.00. The minimum absolute atomic E-state index is 0.0587. The summed E-state index contributed by atoms with van der Waals surface area (Å²) in [5, 5.41) is 0.